The molecule has 0 aromatic heterocycles. The molecule has 7 nitrogen and oxygen atoms in total. The van der Waals surface area contributed by atoms with E-state index in [9.17, 15) is 4.79 Å². The molecule has 0 saturated carbocycles. The number of nitrogens with one attached hydrogen (secondary N) is 1. The van der Waals surface area contributed by atoms with E-state index < -0.39 is 11.7 Å². The van der Waals surface area contributed by atoms with E-state index in [2.05, 4.69) is 33.1 Å². The van der Waals surface area contributed by atoms with Gasteiger partial charge in [0.2, 0.25) is 5.79 Å². The molecule has 1 amide bonds. The Hall–Kier alpha value is -1.39. The molecule has 1 fully saturated rings. The van der Waals surface area contributed by atoms with Gasteiger partial charge in [-0.15, -0.1) is 0 Å². The van der Waals surface area contributed by atoms with Crippen molar-refractivity contribution in [2.24, 2.45) is 5.10 Å². The quantitative estimate of drug-likeness (QED) is 0.421. The standard InChI is InChI=1S/C15H19IN2O5/c1-4-21-12-8-10(7-11(16)13(12)20-3)9-17-18-14(19)15(2)22-5-6-23-15/h7-9H,4-6H2,1-3H3,(H,18,19)/b17-9-. The van der Waals surface area contributed by atoms with E-state index in [1.54, 1.807) is 20.1 Å². The van der Waals surface area contributed by atoms with Crippen molar-refractivity contribution in [3.63, 3.8) is 0 Å². The van der Waals surface area contributed by atoms with Gasteiger partial charge in [-0.05, 0) is 54.1 Å². The number of hydrazone groups is 1. The Bertz CT molecular complexity index is 600. The van der Waals surface area contributed by atoms with E-state index in [0.29, 0.717) is 31.3 Å². The zero-order chi connectivity index (χ0) is 16.9. The topological polar surface area (TPSA) is 78.4 Å². The molecule has 23 heavy (non-hydrogen) atoms. The minimum Gasteiger partial charge on any atom is -0.492 e. The third kappa shape index (κ3) is 4.33. The second-order valence-electron chi connectivity index (χ2n) is 4.81. The van der Waals surface area contributed by atoms with Crippen LogP contribution in [0.4, 0.5) is 0 Å². The first kappa shape index (κ1) is 18.0. The average Bonchev–Trinajstić information content (AvgIpc) is 2.95. The Labute approximate surface area is 148 Å². The number of nitrogens with zero attached hydrogens (tertiary/aromatic N) is 1. The lowest BCUT2D eigenvalue weighted by Gasteiger charge is -2.18. The Morgan fingerprint density at radius 2 is 2.17 bits per heavy atom. The van der Waals surface area contributed by atoms with Crippen molar-refractivity contribution in [2.75, 3.05) is 26.9 Å². The Balaban J connectivity index is 2.08. The van der Waals surface area contributed by atoms with Crippen LogP contribution in [0.25, 0.3) is 0 Å². The molecule has 8 heteroatoms. The Kier molecular flexibility index (Phi) is 6.19. The summed E-state index contributed by atoms with van der Waals surface area (Å²) in [6, 6.07) is 3.67. The number of rotatable bonds is 6. The number of carbonyl (C=O) groups is 1. The molecule has 1 N–H and O–H groups in total. The van der Waals surface area contributed by atoms with Crippen molar-refractivity contribution >= 4 is 34.7 Å². The number of ether oxygens (including phenoxy) is 4. The predicted octanol–water partition coefficient (Wildman–Crippen LogP) is 1.91. The highest BCUT2D eigenvalue weighted by molar-refractivity contribution is 14.1. The first-order chi connectivity index (χ1) is 11.0. The van der Waals surface area contributed by atoms with Crippen LogP contribution in [0.5, 0.6) is 11.5 Å². The van der Waals surface area contributed by atoms with Gasteiger partial charge in [0.1, 0.15) is 0 Å². The molecule has 0 atom stereocenters. The van der Waals surface area contributed by atoms with Gasteiger partial charge in [-0.25, -0.2) is 5.43 Å². The van der Waals surface area contributed by atoms with Crippen LogP contribution < -0.4 is 14.9 Å². The van der Waals surface area contributed by atoms with Crippen LogP contribution in [0.15, 0.2) is 17.2 Å². The monoisotopic (exact) mass is 434 g/mol. The van der Waals surface area contributed by atoms with E-state index in [-0.39, 0.29) is 0 Å². The molecule has 2 rings (SSSR count). The summed E-state index contributed by atoms with van der Waals surface area (Å²) in [7, 11) is 1.59. The maximum atomic E-state index is 12.0. The van der Waals surface area contributed by atoms with Crippen molar-refractivity contribution in [1.82, 2.24) is 5.43 Å². The van der Waals surface area contributed by atoms with E-state index in [1.165, 1.54) is 6.21 Å². The molecular weight excluding hydrogens is 415 g/mol. The smallest absolute Gasteiger partial charge is 0.300 e. The van der Waals surface area contributed by atoms with Crippen LogP contribution in [-0.4, -0.2) is 44.8 Å². The van der Waals surface area contributed by atoms with E-state index in [4.69, 9.17) is 18.9 Å². The molecule has 0 radical (unpaired) electrons. The number of hydrogen-bond acceptors (Lipinski definition) is 6. The Morgan fingerprint density at radius 3 is 2.78 bits per heavy atom. The normalized spacial score (nSPS) is 16.5. The van der Waals surface area contributed by atoms with Gasteiger partial charge in [0, 0.05) is 0 Å². The van der Waals surface area contributed by atoms with E-state index >= 15 is 0 Å². The maximum absolute atomic E-state index is 12.0. The fraction of sp³-hybridized carbons (Fsp3) is 0.467. The molecule has 1 aliphatic rings. The highest BCUT2D eigenvalue weighted by atomic mass is 127. The molecule has 0 bridgehead atoms. The van der Waals surface area contributed by atoms with Crippen LogP contribution in [0.3, 0.4) is 0 Å². The van der Waals surface area contributed by atoms with Gasteiger partial charge in [0.05, 0.1) is 36.7 Å². The molecule has 1 saturated heterocycles. The molecule has 0 unspecified atom stereocenters. The van der Waals surface area contributed by atoms with Gasteiger partial charge in [0.15, 0.2) is 11.5 Å². The fourth-order valence-corrected chi connectivity index (χ4v) is 2.88. The molecule has 0 aliphatic carbocycles. The number of hydrogen-bond donors (Lipinski definition) is 1. The largest absolute Gasteiger partial charge is 0.492 e. The average molecular weight is 434 g/mol. The molecule has 1 aromatic rings. The number of methoxy groups -OCH3 is 1. The summed E-state index contributed by atoms with van der Waals surface area (Å²) in [5.41, 5.74) is 3.19. The summed E-state index contributed by atoms with van der Waals surface area (Å²) in [4.78, 5) is 12.0. The van der Waals surface area contributed by atoms with Gasteiger partial charge in [-0.3, -0.25) is 4.79 Å². The van der Waals surface area contributed by atoms with Crippen molar-refractivity contribution in [2.45, 2.75) is 19.6 Å². The molecule has 1 aliphatic heterocycles. The van der Waals surface area contributed by atoms with Crippen LogP contribution in [-0.2, 0) is 14.3 Å². The lowest BCUT2D eigenvalue weighted by molar-refractivity contribution is -0.176. The molecule has 1 heterocycles. The second kappa shape index (κ2) is 7.93. The summed E-state index contributed by atoms with van der Waals surface area (Å²) >= 11 is 2.16. The molecular formula is C15H19IN2O5. The zero-order valence-electron chi connectivity index (χ0n) is 13.2. The van der Waals surface area contributed by atoms with E-state index in [1.807, 2.05) is 13.0 Å². The first-order valence-electron chi connectivity index (χ1n) is 7.12. The van der Waals surface area contributed by atoms with Gasteiger partial charge >= 0.3 is 0 Å². The third-order valence-corrected chi connectivity index (χ3v) is 3.97. The predicted molar refractivity (Wildman–Crippen MR) is 92.9 cm³/mol. The number of carbonyl (C=O) groups excluding carboxylic acids is 1. The fourth-order valence-electron chi connectivity index (χ4n) is 2.04. The lowest BCUT2D eigenvalue weighted by Crippen LogP contribution is -2.43. The number of halogens is 1. The highest BCUT2D eigenvalue weighted by Crippen LogP contribution is 2.33. The number of benzene rings is 1. The number of amides is 1. The first-order valence-corrected chi connectivity index (χ1v) is 8.19. The van der Waals surface area contributed by atoms with Gasteiger partial charge in [-0.1, -0.05) is 0 Å². The zero-order valence-corrected chi connectivity index (χ0v) is 15.4. The molecule has 1 aromatic carbocycles. The van der Waals surface area contributed by atoms with Crippen molar-refractivity contribution in [3.05, 3.63) is 21.3 Å². The van der Waals surface area contributed by atoms with E-state index in [0.717, 1.165) is 9.13 Å². The molecule has 126 valence electrons. The van der Waals surface area contributed by atoms with Crippen LogP contribution >= 0.6 is 22.6 Å². The third-order valence-electron chi connectivity index (χ3n) is 3.17. The van der Waals surface area contributed by atoms with Crippen molar-refractivity contribution in [3.8, 4) is 11.5 Å². The summed E-state index contributed by atoms with van der Waals surface area (Å²) in [6.07, 6.45) is 1.53. The van der Waals surface area contributed by atoms with Crippen LogP contribution in [0, 0.1) is 3.57 Å². The van der Waals surface area contributed by atoms with Crippen molar-refractivity contribution < 1.29 is 23.7 Å². The van der Waals surface area contributed by atoms with Crippen molar-refractivity contribution in [1.29, 1.82) is 0 Å². The minimum atomic E-state index is -1.28. The summed E-state index contributed by atoms with van der Waals surface area (Å²) < 4.78 is 22.3. The van der Waals surface area contributed by atoms with Gasteiger partial charge in [-0.2, -0.15) is 5.10 Å². The van der Waals surface area contributed by atoms with Gasteiger partial charge < -0.3 is 18.9 Å². The van der Waals surface area contributed by atoms with Gasteiger partial charge in [0.25, 0.3) is 5.91 Å². The SMILES string of the molecule is CCOc1cc(/C=N\NC(=O)C2(C)OCCO2)cc(I)c1OC. The van der Waals surface area contributed by atoms with Crippen LogP contribution in [0.1, 0.15) is 19.4 Å². The Morgan fingerprint density at radius 1 is 1.48 bits per heavy atom. The van der Waals surface area contributed by atoms with Crippen LogP contribution in [0.2, 0.25) is 0 Å². The lowest BCUT2D eigenvalue weighted by atomic mass is 10.2. The summed E-state index contributed by atoms with van der Waals surface area (Å²) in [5.74, 6) is -0.417. The molecule has 0 spiro atoms. The maximum Gasteiger partial charge on any atom is 0.300 e. The second-order valence-corrected chi connectivity index (χ2v) is 5.97. The summed E-state index contributed by atoms with van der Waals surface area (Å²) in [5, 5.41) is 3.94. The summed E-state index contributed by atoms with van der Waals surface area (Å²) in [6.45, 7) is 4.77. The minimum absolute atomic E-state index is 0.391. The highest BCUT2D eigenvalue weighted by Gasteiger charge is 2.39.